The molecule has 0 unspecified atom stereocenters. The quantitative estimate of drug-likeness (QED) is 0.802. The summed E-state index contributed by atoms with van der Waals surface area (Å²) in [6.07, 6.45) is 4.41. The van der Waals surface area contributed by atoms with E-state index in [-0.39, 0.29) is 6.04 Å². The second-order valence-electron chi connectivity index (χ2n) is 5.16. The lowest BCUT2D eigenvalue weighted by Gasteiger charge is -2.29. The number of rotatable bonds is 2. The van der Waals surface area contributed by atoms with E-state index in [2.05, 4.69) is 17.6 Å². The van der Waals surface area contributed by atoms with Gasteiger partial charge in [-0.05, 0) is 30.9 Å². The van der Waals surface area contributed by atoms with E-state index < -0.39 is 11.8 Å². The Balaban J connectivity index is 1.87. The summed E-state index contributed by atoms with van der Waals surface area (Å²) in [6, 6.07) is 9.14. The van der Waals surface area contributed by atoms with E-state index in [0.29, 0.717) is 11.6 Å². The maximum atomic E-state index is 11.8. The molecule has 102 valence electrons. The zero-order chi connectivity index (χ0) is 13.7. The van der Waals surface area contributed by atoms with Crippen LogP contribution in [0.15, 0.2) is 30.3 Å². The van der Waals surface area contributed by atoms with Crippen LogP contribution in [0.1, 0.15) is 32.6 Å². The molecule has 1 aromatic carbocycles. The molecule has 2 atom stereocenters. The molecule has 0 saturated heterocycles. The van der Waals surface area contributed by atoms with Gasteiger partial charge < -0.3 is 10.6 Å². The van der Waals surface area contributed by atoms with Crippen LogP contribution in [0.3, 0.4) is 0 Å². The number of nitrogens with one attached hydrogen (secondary N) is 2. The highest BCUT2D eigenvalue weighted by atomic mass is 16.2. The fourth-order valence-corrected chi connectivity index (χ4v) is 2.47. The summed E-state index contributed by atoms with van der Waals surface area (Å²) in [6.45, 7) is 2.12. The van der Waals surface area contributed by atoms with Crippen molar-refractivity contribution < 1.29 is 9.59 Å². The molecule has 1 aromatic rings. The number of para-hydroxylation sites is 1. The molecule has 0 bridgehead atoms. The average molecular weight is 260 g/mol. The molecule has 1 aliphatic rings. The van der Waals surface area contributed by atoms with Crippen LogP contribution < -0.4 is 10.6 Å². The number of amides is 2. The van der Waals surface area contributed by atoms with Crippen molar-refractivity contribution in [1.29, 1.82) is 0 Å². The van der Waals surface area contributed by atoms with Crippen LogP contribution in [0.5, 0.6) is 0 Å². The highest BCUT2D eigenvalue weighted by molar-refractivity contribution is 6.39. The third kappa shape index (κ3) is 3.81. The SMILES string of the molecule is C[C@@H]1CCCC[C@H]1NC(=O)C(=O)Nc1ccccc1. The Morgan fingerprint density at radius 1 is 1.05 bits per heavy atom. The monoisotopic (exact) mass is 260 g/mol. The lowest BCUT2D eigenvalue weighted by atomic mass is 9.86. The molecule has 4 nitrogen and oxygen atoms in total. The number of carbonyl (C=O) groups excluding carboxylic acids is 2. The Morgan fingerprint density at radius 3 is 2.42 bits per heavy atom. The summed E-state index contributed by atoms with van der Waals surface area (Å²) >= 11 is 0. The summed E-state index contributed by atoms with van der Waals surface area (Å²) in [5.74, 6) is -0.686. The lowest BCUT2D eigenvalue weighted by molar-refractivity contribution is -0.137. The van der Waals surface area contributed by atoms with Gasteiger partial charge in [0.2, 0.25) is 0 Å². The van der Waals surface area contributed by atoms with Crippen molar-refractivity contribution in [2.75, 3.05) is 5.32 Å². The largest absolute Gasteiger partial charge is 0.345 e. The fourth-order valence-electron chi connectivity index (χ4n) is 2.47. The fraction of sp³-hybridized carbons (Fsp3) is 0.467. The molecule has 2 N–H and O–H groups in total. The van der Waals surface area contributed by atoms with E-state index in [1.807, 2.05) is 18.2 Å². The third-order valence-corrected chi connectivity index (χ3v) is 3.67. The molecule has 0 aliphatic heterocycles. The van der Waals surface area contributed by atoms with Gasteiger partial charge in [-0.2, -0.15) is 0 Å². The van der Waals surface area contributed by atoms with E-state index in [1.54, 1.807) is 12.1 Å². The first-order valence-electron chi connectivity index (χ1n) is 6.83. The van der Waals surface area contributed by atoms with Crippen molar-refractivity contribution in [2.45, 2.75) is 38.6 Å². The van der Waals surface area contributed by atoms with Crippen LogP contribution >= 0.6 is 0 Å². The van der Waals surface area contributed by atoms with Gasteiger partial charge in [0.1, 0.15) is 0 Å². The van der Waals surface area contributed by atoms with Gasteiger partial charge in [-0.1, -0.05) is 38.0 Å². The summed E-state index contributed by atoms with van der Waals surface area (Å²) in [5, 5.41) is 5.43. The van der Waals surface area contributed by atoms with Crippen LogP contribution in [0.2, 0.25) is 0 Å². The topological polar surface area (TPSA) is 58.2 Å². The maximum Gasteiger partial charge on any atom is 0.313 e. The molecule has 0 aromatic heterocycles. The number of hydrogen-bond acceptors (Lipinski definition) is 2. The molecule has 0 heterocycles. The maximum absolute atomic E-state index is 11.8. The van der Waals surface area contributed by atoms with Gasteiger partial charge in [0.25, 0.3) is 0 Å². The van der Waals surface area contributed by atoms with Crippen molar-refractivity contribution >= 4 is 17.5 Å². The molecule has 0 spiro atoms. The summed E-state index contributed by atoms with van der Waals surface area (Å²) in [7, 11) is 0. The molecule has 2 rings (SSSR count). The van der Waals surface area contributed by atoms with E-state index in [0.717, 1.165) is 19.3 Å². The van der Waals surface area contributed by atoms with Crippen molar-refractivity contribution in [3.63, 3.8) is 0 Å². The van der Waals surface area contributed by atoms with Gasteiger partial charge in [-0.15, -0.1) is 0 Å². The normalized spacial score (nSPS) is 22.6. The molecular formula is C15H20N2O2. The van der Waals surface area contributed by atoms with Crippen LogP contribution in [-0.2, 0) is 9.59 Å². The van der Waals surface area contributed by atoms with Crippen LogP contribution in [-0.4, -0.2) is 17.9 Å². The molecule has 0 radical (unpaired) electrons. The van der Waals surface area contributed by atoms with E-state index >= 15 is 0 Å². The Labute approximate surface area is 113 Å². The van der Waals surface area contributed by atoms with Crippen LogP contribution in [0, 0.1) is 5.92 Å². The van der Waals surface area contributed by atoms with Gasteiger partial charge >= 0.3 is 11.8 Å². The van der Waals surface area contributed by atoms with Crippen molar-refractivity contribution in [3.8, 4) is 0 Å². The predicted octanol–water partition coefficient (Wildman–Crippen LogP) is 2.32. The Morgan fingerprint density at radius 2 is 1.74 bits per heavy atom. The molecule has 2 amide bonds. The zero-order valence-corrected chi connectivity index (χ0v) is 11.2. The second kappa shape index (κ2) is 6.36. The summed E-state index contributed by atoms with van der Waals surface area (Å²) in [5.41, 5.74) is 0.638. The van der Waals surface area contributed by atoms with Gasteiger partial charge in [-0.3, -0.25) is 9.59 Å². The molecule has 1 fully saturated rings. The van der Waals surface area contributed by atoms with Gasteiger partial charge in [-0.25, -0.2) is 0 Å². The van der Waals surface area contributed by atoms with E-state index in [4.69, 9.17) is 0 Å². The Bertz CT molecular complexity index is 445. The first-order chi connectivity index (χ1) is 9.16. The Hall–Kier alpha value is -1.84. The molecule has 4 heteroatoms. The number of carbonyl (C=O) groups is 2. The zero-order valence-electron chi connectivity index (χ0n) is 11.2. The Kier molecular flexibility index (Phi) is 4.55. The van der Waals surface area contributed by atoms with Crippen LogP contribution in [0.4, 0.5) is 5.69 Å². The first kappa shape index (κ1) is 13.6. The minimum Gasteiger partial charge on any atom is -0.345 e. The van der Waals surface area contributed by atoms with Gasteiger partial charge in [0, 0.05) is 11.7 Å². The molecule has 19 heavy (non-hydrogen) atoms. The molecule has 1 aliphatic carbocycles. The van der Waals surface area contributed by atoms with Crippen molar-refractivity contribution in [2.24, 2.45) is 5.92 Å². The van der Waals surface area contributed by atoms with Crippen molar-refractivity contribution in [1.82, 2.24) is 5.32 Å². The van der Waals surface area contributed by atoms with E-state index in [9.17, 15) is 9.59 Å². The highest BCUT2D eigenvalue weighted by Crippen LogP contribution is 2.23. The first-order valence-corrected chi connectivity index (χ1v) is 6.83. The average Bonchev–Trinajstić information content (AvgIpc) is 2.42. The summed E-state index contributed by atoms with van der Waals surface area (Å²) < 4.78 is 0. The number of hydrogen-bond donors (Lipinski definition) is 2. The molecule has 1 saturated carbocycles. The van der Waals surface area contributed by atoms with Crippen molar-refractivity contribution in [3.05, 3.63) is 30.3 Å². The third-order valence-electron chi connectivity index (χ3n) is 3.67. The minimum absolute atomic E-state index is 0.128. The number of benzene rings is 1. The van der Waals surface area contributed by atoms with E-state index in [1.165, 1.54) is 6.42 Å². The minimum atomic E-state index is -0.594. The summed E-state index contributed by atoms with van der Waals surface area (Å²) in [4.78, 5) is 23.6. The second-order valence-corrected chi connectivity index (χ2v) is 5.16. The lowest BCUT2D eigenvalue weighted by Crippen LogP contribution is -2.45. The molecular weight excluding hydrogens is 240 g/mol. The standard InChI is InChI=1S/C15H20N2O2/c1-11-7-5-6-10-13(11)17-15(19)14(18)16-12-8-3-2-4-9-12/h2-4,8-9,11,13H,5-7,10H2,1H3,(H,16,18)(H,17,19)/t11-,13-/m1/s1. The van der Waals surface area contributed by atoms with Crippen LogP contribution in [0.25, 0.3) is 0 Å². The smallest absolute Gasteiger partial charge is 0.313 e. The highest BCUT2D eigenvalue weighted by Gasteiger charge is 2.25. The van der Waals surface area contributed by atoms with Gasteiger partial charge in [0.15, 0.2) is 0 Å². The number of anilines is 1. The van der Waals surface area contributed by atoms with Gasteiger partial charge in [0.05, 0.1) is 0 Å². The predicted molar refractivity (Wildman–Crippen MR) is 74.6 cm³/mol.